The summed E-state index contributed by atoms with van der Waals surface area (Å²) in [5.74, 6) is 0.358. The number of nitrogens with zero attached hydrogens (tertiary/aromatic N) is 3. The highest BCUT2D eigenvalue weighted by molar-refractivity contribution is 5.83. The summed E-state index contributed by atoms with van der Waals surface area (Å²) < 4.78 is 15.1. The zero-order valence-corrected chi connectivity index (χ0v) is 19.0. The molecule has 0 spiro atoms. The lowest BCUT2D eigenvalue weighted by Gasteiger charge is -2.24. The van der Waals surface area contributed by atoms with E-state index >= 15 is 0 Å². The summed E-state index contributed by atoms with van der Waals surface area (Å²) in [6.07, 6.45) is 0. The van der Waals surface area contributed by atoms with Gasteiger partial charge in [-0.1, -0.05) is 60.7 Å². The Morgan fingerprint density at radius 3 is 1.94 bits per heavy atom. The number of fused-ring (bicyclic) bond motifs is 1. The van der Waals surface area contributed by atoms with Gasteiger partial charge in [0.2, 0.25) is 0 Å². The van der Waals surface area contributed by atoms with Crippen LogP contribution in [0, 0.1) is 12.7 Å². The molecule has 5 aromatic rings. The third-order valence-electron chi connectivity index (χ3n) is 6.15. The number of anilines is 2. The molecule has 5 heteroatoms. The molecule has 4 aromatic carbocycles. The van der Waals surface area contributed by atoms with Crippen LogP contribution < -0.4 is 10.5 Å². The summed E-state index contributed by atoms with van der Waals surface area (Å²) >= 11 is 0. The Balaban J connectivity index is 1.64. The molecule has 0 aliphatic rings. The van der Waals surface area contributed by atoms with E-state index in [-0.39, 0.29) is 17.4 Å². The molecule has 0 bridgehead atoms. The lowest BCUT2D eigenvalue weighted by molar-refractivity contribution is 0.620. The Morgan fingerprint density at radius 1 is 0.794 bits per heavy atom. The van der Waals surface area contributed by atoms with Crippen molar-refractivity contribution in [1.29, 1.82) is 0 Å². The van der Waals surface area contributed by atoms with Gasteiger partial charge >= 0.3 is 0 Å². The number of benzene rings is 4. The first-order chi connectivity index (χ1) is 16.5. The van der Waals surface area contributed by atoms with Crippen LogP contribution in [0.2, 0.25) is 0 Å². The quantitative estimate of drug-likeness (QED) is 0.318. The predicted molar refractivity (Wildman–Crippen MR) is 135 cm³/mol. The molecule has 1 aromatic heterocycles. The molecule has 168 valence electrons. The molecule has 5 rings (SSSR count). The Morgan fingerprint density at radius 2 is 1.35 bits per heavy atom. The van der Waals surface area contributed by atoms with Gasteiger partial charge in [0.15, 0.2) is 0 Å². The Bertz CT molecular complexity index is 1460. The first-order valence-corrected chi connectivity index (χ1v) is 11.1. The van der Waals surface area contributed by atoms with Gasteiger partial charge in [0.25, 0.3) is 5.56 Å². The van der Waals surface area contributed by atoms with Gasteiger partial charge in [-0.3, -0.25) is 9.36 Å². The number of halogens is 1. The van der Waals surface area contributed by atoms with E-state index in [0.29, 0.717) is 16.7 Å². The van der Waals surface area contributed by atoms with Crippen LogP contribution in [-0.2, 0) is 0 Å². The van der Waals surface area contributed by atoms with Gasteiger partial charge in [-0.25, -0.2) is 9.37 Å². The second-order valence-electron chi connectivity index (χ2n) is 8.29. The highest BCUT2D eigenvalue weighted by Gasteiger charge is 2.21. The molecule has 0 radical (unpaired) electrons. The average molecular weight is 450 g/mol. The summed E-state index contributed by atoms with van der Waals surface area (Å²) in [6.45, 7) is 1.87. The van der Waals surface area contributed by atoms with E-state index in [2.05, 4.69) is 0 Å². The van der Waals surface area contributed by atoms with Crippen LogP contribution in [0.5, 0.6) is 0 Å². The van der Waals surface area contributed by atoms with E-state index in [9.17, 15) is 9.18 Å². The second kappa shape index (κ2) is 8.94. The molecule has 0 N–H and O–H groups in total. The fourth-order valence-corrected chi connectivity index (χ4v) is 4.39. The molecule has 0 aliphatic carbocycles. The topological polar surface area (TPSA) is 38.1 Å². The fourth-order valence-electron chi connectivity index (χ4n) is 4.39. The molecule has 0 fully saturated rings. The predicted octanol–water partition coefficient (Wildman–Crippen LogP) is 6.25. The van der Waals surface area contributed by atoms with Gasteiger partial charge < -0.3 is 4.90 Å². The average Bonchev–Trinajstić information content (AvgIpc) is 2.87. The minimum absolute atomic E-state index is 0.0869. The van der Waals surface area contributed by atoms with Gasteiger partial charge in [0.1, 0.15) is 11.6 Å². The molecule has 1 heterocycles. The molecule has 0 atom stereocenters. The highest BCUT2D eigenvalue weighted by atomic mass is 19.1. The first kappa shape index (κ1) is 21.6. The summed E-state index contributed by atoms with van der Waals surface area (Å²) in [4.78, 5) is 20.6. The number of hydrogen-bond donors (Lipinski definition) is 0. The van der Waals surface area contributed by atoms with Crippen molar-refractivity contribution in [2.45, 2.75) is 13.0 Å². The van der Waals surface area contributed by atoms with Crippen molar-refractivity contribution >= 4 is 22.3 Å². The van der Waals surface area contributed by atoms with Crippen LogP contribution in [0.4, 0.5) is 15.8 Å². The maximum absolute atomic E-state index is 13.8. The maximum atomic E-state index is 13.8. The van der Waals surface area contributed by atoms with Gasteiger partial charge in [-0.15, -0.1) is 0 Å². The molecule has 0 amide bonds. The van der Waals surface area contributed by atoms with Crippen molar-refractivity contribution in [3.63, 3.8) is 0 Å². The minimum Gasteiger partial charge on any atom is -0.345 e. The zero-order valence-electron chi connectivity index (χ0n) is 19.0. The monoisotopic (exact) mass is 449 g/mol. The summed E-state index contributed by atoms with van der Waals surface area (Å²) in [5, 5.41) is 0.554. The van der Waals surface area contributed by atoms with E-state index in [0.717, 1.165) is 22.5 Å². The van der Waals surface area contributed by atoms with Crippen LogP contribution in [-0.4, -0.2) is 16.6 Å². The largest absolute Gasteiger partial charge is 0.345 e. The summed E-state index contributed by atoms with van der Waals surface area (Å²) in [5.41, 5.74) is 4.30. The van der Waals surface area contributed by atoms with Crippen molar-refractivity contribution in [2.24, 2.45) is 0 Å². The second-order valence-corrected chi connectivity index (χ2v) is 8.29. The van der Waals surface area contributed by atoms with E-state index in [1.165, 1.54) is 12.1 Å². The summed E-state index contributed by atoms with van der Waals surface area (Å²) in [7, 11) is 1.91. The highest BCUT2D eigenvalue weighted by Crippen LogP contribution is 2.29. The first-order valence-electron chi connectivity index (χ1n) is 11.1. The van der Waals surface area contributed by atoms with Crippen molar-refractivity contribution < 1.29 is 4.39 Å². The number of rotatable bonds is 5. The SMILES string of the molecule is Cc1nc2cc(N(C)c3ccc(F)cc3)ccc2c(=O)n1C(c1ccccc1)c1ccccc1. The summed E-state index contributed by atoms with van der Waals surface area (Å²) in [6, 6.07) is 31.7. The van der Waals surface area contributed by atoms with Crippen LogP contribution in [0.1, 0.15) is 23.0 Å². The van der Waals surface area contributed by atoms with Crippen molar-refractivity contribution in [3.05, 3.63) is 136 Å². The normalized spacial score (nSPS) is 11.2. The number of aromatic nitrogens is 2. The van der Waals surface area contributed by atoms with Crippen molar-refractivity contribution in [2.75, 3.05) is 11.9 Å². The van der Waals surface area contributed by atoms with Gasteiger partial charge in [0, 0.05) is 18.4 Å². The smallest absolute Gasteiger partial charge is 0.262 e. The third kappa shape index (κ3) is 3.97. The Kier molecular flexibility index (Phi) is 5.68. The number of aryl methyl sites for hydroxylation is 1. The van der Waals surface area contributed by atoms with Crippen LogP contribution in [0.15, 0.2) is 108 Å². The van der Waals surface area contributed by atoms with Gasteiger partial charge in [0.05, 0.1) is 16.9 Å². The lowest BCUT2D eigenvalue weighted by atomic mass is 9.98. The van der Waals surface area contributed by atoms with Gasteiger partial charge in [-0.2, -0.15) is 0 Å². The van der Waals surface area contributed by atoms with Gasteiger partial charge in [-0.05, 0) is 60.5 Å². The van der Waals surface area contributed by atoms with E-state index in [4.69, 9.17) is 4.98 Å². The van der Waals surface area contributed by atoms with E-state index in [1.807, 2.05) is 97.7 Å². The molecule has 34 heavy (non-hydrogen) atoms. The minimum atomic E-state index is -0.284. The Hall–Kier alpha value is -4.25. The molecule has 0 saturated carbocycles. The lowest BCUT2D eigenvalue weighted by Crippen LogP contribution is -2.29. The molecule has 0 aliphatic heterocycles. The molecular formula is C29H24FN3O. The van der Waals surface area contributed by atoms with Crippen molar-refractivity contribution in [3.8, 4) is 0 Å². The molecule has 4 nitrogen and oxygen atoms in total. The van der Waals surface area contributed by atoms with E-state index in [1.54, 1.807) is 16.7 Å². The van der Waals surface area contributed by atoms with Crippen LogP contribution >= 0.6 is 0 Å². The van der Waals surface area contributed by atoms with E-state index < -0.39 is 0 Å². The molecule has 0 unspecified atom stereocenters. The van der Waals surface area contributed by atoms with Crippen LogP contribution in [0.3, 0.4) is 0 Å². The van der Waals surface area contributed by atoms with Crippen LogP contribution in [0.25, 0.3) is 10.9 Å². The standard InChI is InChI=1S/C29H24FN3O/c1-20-31-27-19-25(32(2)24-15-13-23(30)14-16-24)17-18-26(27)29(34)33(20)28(21-9-5-3-6-10-21)22-11-7-4-8-12-22/h3-19,28H,1-2H3. The zero-order chi connectivity index (χ0) is 23.7. The van der Waals surface area contributed by atoms with Crippen molar-refractivity contribution in [1.82, 2.24) is 9.55 Å². The molecular weight excluding hydrogens is 425 g/mol. The fraction of sp³-hybridized carbons (Fsp3) is 0.103. The third-order valence-corrected chi connectivity index (χ3v) is 6.15. The molecule has 0 saturated heterocycles. The maximum Gasteiger partial charge on any atom is 0.262 e. The Labute approximate surface area is 197 Å². The number of hydrogen-bond acceptors (Lipinski definition) is 3.